The molecule has 0 aliphatic rings. The molecule has 0 bridgehead atoms. The first kappa shape index (κ1) is 15.4. The zero-order valence-electron chi connectivity index (χ0n) is 10.8. The summed E-state index contributed by atoms with van der Waals surface area (Å²) in [5, 5.41) is 10.6. The maximum absolute atomic E-state index is 12.2. The minimum atomic E-state index is -3.83. The van der Waals surface area contributed by atoms with E-state index in [9.17, 15) is 18.5 Å². The van der Waals surface area contributed by atoms with Gasteiger partial charge in [0, 0.05) is 23.0 Å². The number of non-ortho nitro benzene ring substituents is 1. The molecule has 2 N–H and O–H groups in total. The summed E-state index contributed by atoms with van der Waals surface area (Å²) in [6.45, 7) is 1.84. The van der Waals surface area contributed by atoms with Gasteiger partial charge in [-0.05, 0) is 22.0 Å². The number of halogens is 1. The maximum atomic E-state index is 12.2. The number of anilines is 1. The molecule has 0 amide bonds. The second-order valence-electron chi connectivity index (χ2n) is 4.07. The van der Waals surface area contributed by atoms with Crippen molar-refractivity contribution < 1.29 is 13.3 Å². The molecule has 0 aliphatic heterocycles. The van der Waals surface area contributed by atoms with Gasteiger partial charge in [-0.1, -0.05) is 6.92 Å². The average Bonchev–Trinajstić information content (AvgIpc) is 2.90. The van der Waals surface area contributed by atoms with E-state index in [-0.39, 0.29) is 20.9 Å². The number of nitro benzene ring substituents is 1. The van der Waals surface area contributed by atoms with Crippen LogP contribution in [0.5, 0.6) is 0 Å². The summed E-state index contributed by atoms with van der Waals surface area (Å²) < 4.78 is 26.9. The maximum Gasteiger partial charge on any atom is 0.279 e. The van der Waals surface area contributed by atoms with Crippen molar-refractivity contribution in [2.45, 2.75) is 18.4 Å². The first-order chi connectivity index (χ1) is 9.83. The van der Waals surface area contributed by atoms with Gasteiger partial charge in [0.2, 0.25) is 0 Å². The number of H-pyrrole nitrogens is 1. The van der Waals surface area contributed by atoms with Crippen LogP contribution in [0.1, 0.15) is 12.7 Å². The number of aromatic amines is 1. The molecule has 0 saturated carbocycles. The van der Waals surface area contributed by atoms with Crippen LogP contribution < -0.4 is 4.72 Å². The Kier molecular flexibility index (Phi) is 4.28. The van der Waals surface area contributed by atoms with Crippen molar-refractivity contribution in [3.8, 4) is 0 Å². The highest BCUT2D eigenvalue weighted by atomic mass is 79.9. The van der Waals surface area contributed by atoms with E-state index in [0.29, 0.717) is 12.2 Å². The van der Waals surface area contributed by atoms with Gasteiger partial charge < -0.3 is 4.98 Å². The highest BCUT2D eigenvalue weighted by molar-refractivity contribution is 9.10. The molecule has 0 spiro atoms. The van der Waals surface area contributed by atoms with Gasteiger partial charge >= 0.3 is 0 Å². The molecule has 1 aromatic carbocycles. The number of imidazole rings is 1. The molecule has 0 aliphatic carbocycles. The Morgan fingerprint density at radius 1 is 1.48 bits per heavy atom. The second kappa shape index (κ2) is 5.82. The van der Waals surface area contributed by atoms with Crippen LogP contribution in [0.3, 0.4) is 0 Å². The van der Waals surface area contributed by atoms with Crippen LogP contribution >= 0.6 is 15.9 Å². The largest absolute Gasteiger partial charge is 0.332 e. The van der Waals surface area contributed by atoms with Gasteiger partial charge in [0.15, 0.2) is 5.03 Å². The topological polar surface area (TPSA) is 118 Å². The van der Waals surface area contributed by atoms with E-state index in [1.807, 2.05) is 6.92 Å². The molecule has 1 heterocycles. The first-order valence-electron chi connectivity index (χ1n) is 5.84. The standard InChI is InChI=1S/C11H11BrN4O4S/c1-2-10-13-6-11(14-10)21(19,20)15-9-4-3-7(16(17)18)5-8(9)12/h3-6,15H,2H2,1H3,(H,13,14). The number of rotatable bonds is 5. The summed E-state index contributed by atoms with van der Waals surface area (Å²) >= 11 is 3.10. The monoisotopic (exact) mass is 374 g/mol. The van der Waals surface area contributed by atoms with E-state index in [0.717, 1.165) is 0 Å². The third kappa shape index (κ3) is 3.39. The Balaban J connectivity index is 2.30. The molecule has 2 aromatic rings. The van der Waals surface area contributed by atoms with E-state index in [1.54, 1.807) is 0 Å². The lowest BCUT2D eigenvalue weighted by Gasteiger charge is -2.08. The van der Waals surface area contributed by atoms with Gasteiger partial charge in [-0.2, -0.15) is 8.42 Å². The normalized spacial score (nSPS) is 11.3. The quantitative estimate of drug-likeness (QED) is 0.615. The molecule has 2 rings (SSSR count). The fourth-order valence-electron chi connectivity index (χ4n) is 1.56. The van der Waals surface area contributed by atoms with Gasteiger partial charge in [-0.25, -0.2) is 4.98 Å². The van der Waals surface area contributed by atoms with E-state index in [4.69, 9.17) is 0 Å². The molecule has 112 valence electrons. The third-order valence-corrected chi connectivity index (χ3v) is 4.57. The molecule has 21 heavy (non-hydrogen) atoms. The SMILES string of the molecule is CCc1ncc(S(=O)(=O)Nc2ccc([N+](=O)[O-])cc2Br)[nH]1. The molecule has 1 aromatic heterocycles. The highest BCUT2D eigenvalue weighted by Gasteiger charge is 2.19. The van der Waals surface area contributed by atoms with Crippen LogP contribution in [0.25, 0.3) is 0 Å². The Morgan fingerprint density at radius 3 is 2.71 bits per heavy atom. The van der Waals surface area contributed by atoms with Crippen LogP contribution in [0, 0.1) is 10.1 Å². The molecule has 0 saturated heterocycles. The Bertz CT molecular complexity index is 787. The fourth-order valence-corrected chi connectivity index (χ4v) is 3.18. The molecule has 0 atom stereocenters. The van der Waals surface area contributed by atoms with E-state index in [2.05, 4.69) is 30.6 Å². The van der Waals surface area contributed by atoms with E-state index in [1.165, 1.54) is 24.4 Å². The molecule has 0 unspecified atom stereocenters. The lowest BCUT2D eigenvalue weighted by Crippen LogP contribution is -2.14. The summed E-state index contributed by atoms with van der Waals surface area (Å²) in [6.07, 6.45) is 1.80. The lowest BCUT2D eigenvalue weighted by molar-refractivity contribution is -0.384. The number of nitrogens with one attached hydrogen (secondary N) is 2. The molecular weight excluding hydrogens is 364 g/mol. The number of aryl methyl sites for hydroxylation is 1. The number of benzene rings is 1. The van der Waals surface area contributed by atoms with Gasteiger partial charge in [-0.15, -0.1) is 0 Å². The van der Waals surface area contributed by atoms with Crippen LogP contribution in [-0.2, 0) is 16.4 Å². The number of hydrogen-bond donors (Lipinski definition) is 2. The Morgan fingerprint density at radius 2 is 2.19 bits per heavy atom. The minimum Gasteiger partial charge on any atom is -0.332 e. The number of nitro groups is 1. The second-order valence-corrected chi connectivity index (χ2v) is 6.58. The summed E-state index contributed by atoms with van der Waals surface area (Å²) in [6, 6.07) is 3.76. The average molecular weight is 375 g/mol. The number of nitrogens with zero attached hydrogens (tertiary/aromatic N) is 2. The number of sulfonamides is 1. The summed E-state index contributed by atoms with van der Waals surface area (Å²) in [4.78, 5) is 16.7. The Labute approximate surface area is 128 Å². The molecule has 10 heteroatoms. The zero-order valence-corrected chi connectivity index (χ0v) is 13.2. The first-order valence-corrected chi connectivity index (χ1v) is 8.11. The van der Waals surface area contributed by atoms with E-state index >= 15 is 0 Å². The van der Waals surface area contributed by atoms with Crippen molar-refractivity contribution in [2.75, 3.05) is 4.72 Å². The summed E-state index contributed by atoms with van der Waals surface area (Å²) in [5.41, 5.74) is 0.0629. The van der Waals surface area contributed by atoms with Gasteiger partial charge in [-0.3, -0.25) is 14.8 Å². The highest BCUT2D eigenvalue weighted by Crippen LogP contribution is 2.28. The van der Waals surface area contributed by atoms with Crippen molar-refractivity contribution in [1.29, 1.82) is 0 Å². The summed E-state index contributed by atoms with van der Waals surface area (Å²) in [5.74, 6) is 0.554. The van der Waals surface area contributed by atoms with Crippen LogP contribution in [-0.4, -0.2) is 23.3 Å². The number of hydrogen-bond acceptors (Lipinski definition) is 5. The molecular formula is C11H11BrN4O4S. The van der Waals surface area contributed by atoms with Gasteiger partial charge in [0.25, 0.3) is 15.7 Å². The zero-order chi connectivity index (χ0) is 15.6. The smallest absolute Gasteiger partial charge is 0.279 e. The van der Waals surface area contributed by atoms with Crippen molar-refractivity contribution in [3.05, 3.63) is 44.8 Å². The minimum absolute atomic E-state index is 0.0652. The lowest BCUT2D eigenvalue weighted by atomic mass is 10.3. The van der Waals surface area contributed by atoms with Crippen molar-refractivity contribution >= 4 is 37.3 Å². The predicted octanol–water partition coefficient (Wildman–Crippen LogP) is 2.44. The van der Waals surface area contributed by atoms with Crippen LogP contribution in [0.15, 0.2) is 33.9 Å². The fraction of sp³-hybridized carbons (Fsp3) is 0.182. The molecule has 0 radical (unpaired) electrons. The predicted molar refractivity (Wildman–Crippen MR) is 79.6 cm³/mol. The molecule has 8 nitrogen and oxygen atoms in total. The Hall–Kier alpha value is -1.94. The number of aromatic nitrogens is 2. The summed E-state index contributed by atoms with van der Waals surface area (Å²) in [7, 11) is -3.83. The van der Waals surface area contributed by atoms with Gasteiger partial charge in [0.1, 0.15) is 5.82 Å². The third-order valence-electron chi connectivity index (χ3n) is 2.64. The van der Waals surface area contributed by atoms with Crippen LogP contribution in [0.2, 0.25) is 0 Å². The van der Waals surface area contributed by atoms with Gasteiger partial charge in [0.05, 0.1) is 16.8 Å². The van der Waals surface area contributed by atoms with E-state index < -0.39 is 14.9 Å². The van der Waals surface area contributed by atoms with Crippen molar-refractivity contribution in [1.82, 2.24) is 9.97 Å². The molecule has 0 fully saturated rings. The van der Waals surface area contributed by atoms with Crippen molar-refractivity contribution in [3.63, 3.8) is 0 Å². The van der Waals surface area contributed by atoms with Crippen molar-refractivity contribution in [2.24, 2.45) is 0 Å². The van der Waals surface area contributed by atoms with Crippen LogP contribution in [0.4, 0.5) is 11.4 Å².